The minimum atomic E-state index is -0.293. The highest BCUT2D eigenvalue weighted by Crippen LogP contribution is 2.38. The van der Waals surface area contributed by atoms with Gasteiger partial charge in [-0.1, -0.05) is 36.4 Å². The molecule has 0 bridgehead atoms. The van der Waals surface area contributed by atoms with Crippen molar-refractivity contribution in [1.82, 2.24) is 25.2 Å². The Bertz CT molecular complexity index is 1380. The third kappa shape index (κ3) is 4.52. The van der Waals surface area contributed by atoms with E-state index in [1.54, 1.807) is 25.6 Å². The topological polar surface area (TPSA) is 94.7 Å². The summed E-state index contributed by atoms with van der Waals surface area (Å²) >= 11 is 1.60. The van der Waals surface area contributed by atoms with E-state index in [9.17, 15) is 4.79 Å². The Labute approximate surface area is 206 Å². The first-order chi connectivity index (χ1) is 17.1. The molecule has 1 aliphatic heterocycles. The molecular weight excluding hydrogens is 464 g/mol. The molecule has 9 nitrogen and oxygen atoms in total. The zero-order chi connectivity index (χ0) is 24.4. The first kappa shape index (κ1) is 22.7. The summed E-state index contributed by atoms with van der Waals surface area (Å²) in [5, 5.41) is 20.9. The minimum Gasteiger partial charge on any atom is -0.493 e. The average molecular weight is 489 g/mol. The van der Waals surface area contributed by atoms with Crippen LogP contribution in [0.15, 0.2) is 65.1 Å². The predicted molar refractivity (Wildman–Crippen MR) is 133 cm³/mol. The Morgan fingerprint density at radius 1 is 1.09 bits per heavy atom. The quantitative estimate of drug-likeness (QED) is 0.389. The van der Waals surface area contributed by atoms with Gasteiger partial charge < -0.3 is 9.47 Å². The normalized spacial score (nSPS) is 15.2. The van der Waals surface area contributed by atoms with Crippen LogP contribution in [-0.4, -0.2) is 51.1 Å². The number of thiophene rings is 1. The molecule has 2 aromatic carbocycles. The molecule has 4 aromatic rings. The predicted octanol–water partition coefficient (Wildman–Crippen LogP) is 4.11. The van der Waals surface area contributed by atoms with Crippen molar-refractivity contribution in [2.45, 2.75) is 25.9 Å². The first-order valence-electron chi connectivity index (χ1n) is 11.1. The van der Waals surface area contributed by atoms with Crippen LogP contribution in [0.1, 0.15) is 28.5 Å². The number of carbonyl (C=O) groups is 1. The third-order valence-electron chi connectivity index (χ3n) is 5.88. The van der Waals surface area contributed by atoms with E-state index < -0.39 is 0 Å². The fourth-order valence-corrected chi connectivity index (χ4v) is 4.81. The number of hydrogen-bond donors (Lipinski definition) is 0. The number of tetrazole rings is 1. The SMILES string of the molecule is COc1ccc([C@H]2CC(c3cccs3)=NN2C(=O)Cn2nnc(-c3ccccc3C)n2)cc1OC. The summed E-state index contributed by atoms with van der Waals surface area (Å²) in [7, 11) is 3.19. The van der Waals surface area contributed by atoms with Crippen LogP contribution < -0.4 is 9.47 Å². The molecule has 0 aliphatic carbocycles. The highest BCUT2D eigenvalue weighted by Gasteiger charge is 2.34. The first-order valence-corrected chi connectivity index (χ1v) is 11.9. The third-order valence-corrected chi connectivity index (χ3v) is 6.80. The maximum absolute atomic E-state index is 13.4. The van der Waals surface area contributed by atoms with Gasteiger partial charge in [0, 0.05) is 12.0 Å². The van der Waals surface area contributed by atoms with Crippen molar-refractivity contribution in [3.63, 3.8) is 0 Å². The second-order valence-corrected chi connectivity index (χ2v) is 9.00. The van der Waals surface area contributed by atoms with Gasteiger partial charge in [0.05, 0.1) is 30.9 Å². The number of benzene rings is 2. The van der Waals surface area contributed by atoms with Crippen molar-refractivity contribution in [3.8, 4) is 22.9 Å². The van der Waals surface area contributed by atoms with Gasteiger partial charge >= 0.3 is 0 Å². The molecule has 0 fully saturated rings. The lowest BCUT2D eigenvalue weighted by molar-refractivity contribution is -0.134. The zero-order valence-corrected chi connectivity index (χ0v) is 20.4. The van der Waals surface area contributed by atoms with Crippen molar-refractivity contribution >= 4 is 23.0 Å². The molecule has 0 spiro atoms. The van der Waals surface area contributed by atoms with Crippen molar-refractivity contribution in [2.24, 2.45) is 5.10 Å². The summed E-state index contributed by atoms with van der Waals surface area (Å²) in [6.07, 6.45) is 0.584. The smallest absolute Gasteiger partial charge is 0.266 e. The monoisotopic (exact) mass is 488 g/mol. The lowest BCUT2D eigenvalue weighted by Crippen LogP contribution is -2.31. The summed E-state index contributed by atoms with van der Waals surface area (Å²) < 4.78 is 10.9. The Balaban J connectivity index is 1.43. The molecule has 0 saturated heterocycles. The van der Waals surface area contributed by atoms with Crippen molar-refractivity contribution in [1.29, 1.82) is 0 Å². The molecule has 3 heterocycles. The Hall–Kier alpha value is -4.05. The number of rotatable bonds is 7. The van der Waals surface area contributed by atoms with Crippen LogP contribution >= 0.6 is 11.3 Å². The van der Waals surface area contributed by atoms with E-state index in [1.165, 1.54) is 9.81 Å². The van der Waals surface area contributed by atoms with Crippen LogP contribution in [0.2, 0.25) is 0 Å². The number of ether oxygens (including phenoxy) is 2. The van der Waals surface area contributed by atoms with E-state index in [2.05, 4.69) is 15.4 Å². The van der Waals surface area contributed by atoms with E-state index in [0.717, 1.165) is 27.3 Å². The van der Waals surface area contributed by atoms with Crippen molar-refractivity contribution in [3.05, 3.63) is 76.0 Å². The van der Waals surface area contributed by atoms with E-state index in [-0.39, 0.29) is 18.5 Å². The van der Waals surface area contributed by atoms with E-state index in [0.29, 0.717) is 23.7 Å². The van der Waals surface area contributed by atoms with Gasteiger partial charge in [0.2, 0.25) is 5.82 Å². The standard InChI is InChI=1S/C25H24N6O3S/c1-16-7-4-5-8-18(16)25-26-29-30(28-25)15-24(32)31-20(14-19(27-31)23-9-6-12-35-23)17-10-11-21(33-2)22(13-17)34-3/h4-13,20H,14-15H2,1-3H3/t20-/m1/s1. The van der Waals surface area contributed by atoms with Gasteiger partial charge in [-0.05, 0) is 46.8 Å². The highest BCUT2D eigenvalue weighted by molar-refractivity contribution is 7.12. The van der Waals surface area contributed by atoms with Gasteiger partial charge in [-0.25, -0.2) is 5.01 Å². The van der Waals surface area contributed by atoms with Gasteiger partial charge in [0.15, 0.2) is 11.5 Å². The number of hydrazone groups is 1. The van der Waals surface area contributed by atoms with Crippen LogP contribution in [-0.2, 0) is 11.3 Å². The Kier molecular flexibility index (Phi) is 6.28. The van der Waals surface area contributed by atoms with Crippen LogP contribution in [0.25, 0.3) is 11.4 Å². The molecule has 35 heavy (non-hydrogen) atoms. The molecule has 0 unspecified atom stereocenters. The van der Waals surface area contributed by atoms with E-state index in [4.69, 9.17) is 14.6 Å². The van der Waals surface area contributed by atoms with Gasteiger partial charge in [-0.15, -0.1) is 21.5 Å². The van der Waals surface area contributed by atoms with E-state index >= 15 is 0 Å². The summed E-state index contributed by atoms with van der Waals surface area (Å²) in [6.45, 7) is 1.91. The second-order valence-electron chi connectivity index (χ2n) is 8.06. The largest absolute Gasteiger partial charge is 0.493 e. The molecule has 0 N–H and O–H groups in total. The lowest BCUT2D eigenvalue weighted by Gasteiger charge is -2.22. The van der Waals surface area contributed by atoms with Crippen LogP contribution in [0.5, 0.6) is 11.5 Å². The number of carbonyl (C=O) groups excluding carboxylic acids is 1. The number of aryl methyl sites for hydroxylation is 1. The number of methoxy groups -OCH3 is 2. The molecule has 1 amide bonds. The maximum Gasteiger partial charge on any atom is 0.266 e. The molecular formula is C25H24N6O3S. The molecule has 2 aromatic heterocycles. The summed E-state index contributed by atoms with van der Waals surface area (Å²) in [5.74, 6) is 1.48. The average Bonchev–Trinajstić information content (AvgIpc) is 3.64. The summed E-state index contributed by atoms with van der Waals surface area (Å²) in [6, 6.07) is 17.2. The highest BCUT2D eigenvalue weighted by atomic mass is 32.1. The number of hydrogen-bond acceptors (Lipinski definition) is 8. The number of aromatic nitrogens is 4. The lowest BCUT2D eigenvalue weighted by atomic mass is 10.0. The van der Waals surface area contributed by atoms with Crippen LogP contribution in [0.3, 0.4) is 0 Å². The zero-order valence-electron chi connectivity index (χ0n) is 19.6. The van der Waals surface area contributed by atoms with Crippen molar-refractivity contribution in [2.75, 3.05) is 14.2 Å². The maximum atomic E-state index is 13.4. The molecule has 0 saturated carbocycles. The number of nitrogens with zero attached hydrogens (tertiary/aromatic N) is 6. The van der Waals surface area contributed by atoms with Crippen LogP contribution in [0.4, 0.5) is 0 Å². The van der Waals surface area contributed by atoms with Crippen LogP contribution in [0, 0.1) is 6.92 Å². The van der Waals surface area contributed by atoms with Gasteiger partial charge in [-0.3, -0.25) is 4.79 Å². The second kappa shape index (κ2) is 9.67. The van der Waals surface area contributed by atoms with E-state index in [1.807, 2.05) is 66.9 Å². The molecule has 0 radical (unpaired) electrons. The van der Waals surface area contributed by atoms with Gasteiger partial charge in [0.25, 0.3) is 5.91 Å². The molecule has 178 valence electrons. The molecule has 1 aliphatic rings. The minimum absolute atomic E-state index is 0.0795. The van der Waals surface area contributed by atoms with Gasteiger partial charge in [0.1, 0.15) is 6.54 Å². The summed E-state index contributed by atoms with van der Waals surface area (Å²) in [5.41, 5.74) is 3.68. The summed E-state index contributed by atoms with van der Waals surface area (Å²) in [4.78, 5) is 15.8. The Morgan fingerprint density at radius 2 is 1.91 bits per heavy atom. The fraction of sp³-hybridized carbons (Fsp3) is 0.240. The Morgan fingerprint density at radius 3 is 2.66 bits per heavy atom. The van der Waals surface area contributed by atoms with Crippen molar-refractivity contribution < 1.29 is 14.3 Å². The molecule has 1 atom stereocenters. The fourth-order valence-electron chi connectivity index (χ4n) is 4.09. The number of amides is 1. The molecule has 10 heteroatoms. The molecule has 5 rings (SSSR count). The van der Waals surface area contributed by atoms with Gasteiger partial charge in [-0.2, -0.15) is 9.90 Å².